The Morgan fingerprint density at radius 2 is 1.82 bits per heavy atom. The number of halogens is 3. The summed E-state index contributed by atoms with van der Waals surface area (Å²) in [5, 5.41) is 5.61. The van der Waals surface area contributed by atoms with Gasteiger partial charge in [-0.3, -0.25) is 4.90 Å². The Kier molecular flexibility index (Phi) is 9.21. The first kappa shape index (κ1) is 29.2. The number of anilines is 1. The number of alkyl halides is 3. The van der Waals surface area contributed by atoms with Gasteiger partial charge in [0.15, 0.2) is 0 Å². The zero-order valence-electron chi connectivity index (χ0n) is 22.6. The van der Waals surface area contributed by atoms with Gasteiger partial charge >= 0.3 is 18.2 Å². The second-order valence-corrected chi connectivity index (χ2v) is 9.46. The van der Waals surface area contributed by atoms with Gasteiger partial charge in [-0.25, -0.2) is 9.59 Å². The van der Waals surface area contributed by atoms with Crippen molar-refractivity contribution in [3.05, 3.63) is 70.4 Å². The maximum Gasteiger partial charge on any atom is 0.416 e. The van der Waals surface area contributed by atoms with Crippen molar-refractivity contribution in [1.82, 2.24) is 15.5 Å². The second-order valence-electron chi connectivity index (χ2n) is 9.46. The van der Waals surface area contributed by atoms with Crippen LogP contribution in [0, 0.1) is 0 Å². The monoisotopic (exact) mass is 562 g/mol. The molecule has 2 aliphatic heterocycles. The smallest absolute Gasteiger partial charge is 0.416 e. The Morgan fingerprint density at radius 3 is 2.48 bits per heavy atom. The first-order valence-corrected chi connectivity index (χ1v) is 12.9. The minimum atomic E-state index is -4.41. The predicted octanol–water partition coefficient (Wildman–Crippen LogP) is 3.85. The third kappa shape index (κ3) is 6.68. The second kappa shape index (κ2) is 12.6. The van der Waals surface area contributed by atoms with Crippen LogP contribution in [-0.4, -0.2) is 70.5 Å². The van der Waals surface area contributed by atoms with Crippen molar-refractivity contribution in [3.63, 3.8) is 0 Å². The van der Waals surface area contributed by atoms with Gasteiger partial charge in [-0.1, -0.05) is 12.1 Å². The number of piperazine rings is 1. The molecule has 2 N–H and O–H groups in total. The van der Waals surface area contributed by atoms with Gasteiger partial charge in [0.2, 0.25) is 0 Å². The number of nitrogens with zero attached hydrogens (tertiary/aromatic N) is 2. The number of rotatable bonds is 9. The van der Waals surface area contributed by atoms with Gasteiger partial charge in [-0.15, -0.1) is 0 Å². The van der Waals surface area contributed by atoms with Crippen LogP contribution in [0.1, 0.15) is 29.7 Å². The number of carbonyl (C=O) groups is 2. The first-order valence-electron chi connectivity index (χ1n) is 12.9. The van der Waals surface area contributed by atoms with Gasteiger partial charge in [-0.05, 0) is 42.8 Å². The minimum Gasteiger partial charge on any atom is -0.496 e. The van der Waals surface area contributed by atoms with E-state index in [2.05, 4.69) is 10.6 Å². The van der Waals surface area contributed by atoms with E-state index in [0.29, 0.717) is 48.9 Å². The molecule has 0 unspecified atom stereocenters. The number of amides is 2. The molecule has 9 nitrogen and oxygen atoms in total. The quantitative estimate of drug-likeness (QED) is 0.449. The topological polar surface area (TPSA) is 92.4 Å². The predicted molar refractivity (Wildman–Crippen MR) is 142 cm³/mol. The van der Waals surface area contributed by atoms with E-state index in [-0.39, 0.29) is 25.3 Å². The van der Waals surface area contributed by atoms with Crippen LogP contribution in [0.25, 0.3) is 0 Å². The minimum absolute atomic E-state index is 0.156. The zero-order chi connectivity index (χ0) is 28.9. The number of nitrogens with one attached hydrogen (secondary N) is 2. The zero-order valence-corrected chi connectivity index (χ0v) is 22.6. The summed E-state index contributed by atoms with van der Waals surface area (Å²) in [4.78, 5) is 29.9. The van der Waals surface area contributed by atoms with Crippen LogP contribution in [0.3, 0.4) is 0 Å². The average Bonchev–Trinajstić information content (AvgIpc) is 2.93. The first-order chi connectivity index (χ1) is 19.1. The fourth-order valence-corrected chi connectivity index (χ4v) is 4.96. The molecule has 4 rings (SSSR count). The molecule has 0 aromatic heterocycles. The molecule has 216 valence electrons. The van der Waals surface area contributed by atoms with Crippen LogP contribution in [0.4, 0.5) is 23.7 Å². The number of urea groups is 1. The van der Waals surface area contributed by atoms with E-state index < -0.39 is 29.8 Å². The van der Waals surface area contributed by atoms with Gasteiger partial charge in [-0.2, -0.15) is 13.2 Å². The molecule has 1 atom stereocenters. The average molecular weight is 563 g/mol. The molecule has 0 radical (unpaired) electrons. The number of esters is 1. The molecule has 0 aliphatic carbocycles. The molecule has 40 heavy (non-hydrogen) atoms. The lowest BCUT2D eigenvalue weighted by molar-refractivity contribution is -0.139. The molecule has 0 spiro atoms. The van der Waals surface area contributed by atoms with Gasteiger partial charge in [0.05, 0.1) is 37.5 Å². The Bertz CT molecular complexity index is 1260. The molecule has 2 aromatic carbocycles. The maximum absolute atomic E-state index is 13.2. The van der Waals surface area contributed by atoms with Crippen LogP contribution >= 0.6 is 0 Å². The van der Waals surface area contributed by atoms with E-state index in [0.717, 1.165) is 17.7 Å². The molecule has 1 fully saturated rings. The summed E-state index contributed by atoms with van der Waals surface area (Å²) in [6, 6.07) is 9.41. The SMILES string of the molecule is CCOC(=O)C1=C(CN2CCN(c3cccc(C(F)(F)F)c3)CC2)NC(=O)N[C@H]1c1ccc(OC)c(COC)c1. The molecule has 0 bridgehead atoms. The molecule has 2 aliphatic rings. The normalized spacial score (nSPS) is 18.3. The van der Waals surface area contributed by atoms with Crippen molar-refractivity contribution in [2.45, 2.75) is 25.7 Å². The number of ether oxygens (including phenoxy) is 3. The molecular formula is C28H33F3N4O5. The molecule has 2 aromatic rings. The highest BCUT2D eigenvalue weighted by molar-refractivity contribution is 5.95. The van der Waals surface area contributed by atoms with E-state index in [1.807, 2.05) is 15.9 Å². The summed E-state index contributed by atoms with van der Waals surface area (Å²) < 4.78 is 55.6. The van der Waals surface area contributed by atoms with Crippen LogP contribution in [-0.2, 0) is 27.1 Å². The molecule has 1 saturated heterocycles. The lowest BCUT2D eigenvalue weighted by Gasteiger charge is -2.38. The highest BCUT2D eigenvalue weighted by Crippen LogP contribution is 2.33. The fourth-order valence-electron chi connectivity index (χ4n) is 4.96. The number of carbonyl (C=O) groups excluding carboxylic acids is 2. The van der Waals surface area contributed by atoms with Gasteiger partial charge < -0.3 is 29.7 Å². The van der Waals surface area contributed by atoms with Crippen molar-refractivity contribution in [3.8, 4) is 5.75 Å². The van der Waals surface area contributed by atoms with Crippen molar-refractivity contribution < 1.29 is 37.0 Å². The molecule has 0 saturated carbocycles. The summed E-state index contributed by atoms with van der Waals surface area (Å²) in [7, 11) is 3.11. The van der Waals surface area contributed by atoms with E-state index in [1.165, 1.54) is 6.07 Å². The van der Waals surface area contributed by atoms with Crippen molar-refractivity contribution in [2.24, 2.45) is 0 Å². The largest absolute Gasteiger partial charge is 0.496 e. The van der Waals surface area contributed by atoms with E-state index in [9.17, 15) is 22.8 Å². The standard InChI is InChI=1S/C28H33F3N4O5/c1-4-40-26(36)24-22(32-27(37)33-25(24)18-8-9-23(39-3)19(14-18)17-38-2)16-34-10-12-35(13-11-34)21-7-5-6-20(15-21)28(29,30)31/h5-9,14-15,25H,4,10-13,16-17H2,1-3H3,(H2,32,33,37)/t25-/m0/s1. The van der Waals surface area contributed by atoms with Crippen LogP contribution < -0.4 is 20.3 Å². The van der Waals surface area contributed by atoms with E-state index >= 15 is 0 Å². The molecular weight excluding hydrogens is 529 g/mol. The Labute approximate surface area is 230 Å². The van der Waals surface area contributed by atoms with Gasteiger partial charge in [0.1, 0.15) is 5.75 Å². The Hall–Kier alpha value is -3.77. The van der Waals surface area contributed by atoms with Crippen molar-refractivity contribution in [1.29, 1.82) is 0 Å². The lowest BCUT2D eigenvalue weighted by atomic mass is 9.93. The third-order valence-electron chi connectivity index (χ3n) is 6.88. The maximum atomic E-state index is 13.2. The van der Waals surface area contributed by atoms with E-state index in [4.69, 9.17) is 14.2 Å². The van der Waals surface area contributed by atoms with Crippen molar-refractivity contribution in [2.75, 3.05) is 58.5 Å². The van der Waals surface area contributed by atoms with Crippen LogP contribution in [0.15, 0.2) is 53.7 Å². The Balaban J connectivity index is 1.57. The summed E-state index contributed by atoms with van der Waals surface area (Å²) in [6.07, 6.45) is -4.41. The molecule has 2 heterocycles. The molecule has 2 amide bonds. The third-order valence-corrected chi connectivity index (χ3v) is 6.88. The number of hydrogen-bond acceptors (Lipinski definition) is 7. The van der Waals surface area contributed by atoms with Gasteiger partial charge in [0.25, 0.3) is 0 Å². The Morgan fingerprint density at radius 1 is 1.07 bits per heavy atom. The summed E-state index contributed by atoms with van der Waals surface area (Å²) in [5.41, 5.74) is 1.94. The number of benzene rings is 2. The van der Waals surface area contributed by atoms with Crippen molar-refractivity contribution >= 4 is 17.7 Å². The number of methoxy groups -OCH3 is 2. The summed E-state index contributed by atoms with van der Waals surface area (Å²) in [5.74, 6) is 0.0631. The van der Waals surface area contributed by atoms with Crippen LogP contribution in [0.5, 0.6) is 5.75 Å². The lowest BCUT2D eigenvalue weighted by Crippen LogP contribution is -2.51. The highest BCUT2D eigenvalue weighted by atomic mass is 19.4. The van der Waals surface area contributed by atoms with E-state index in [1.54, 1.807) is 39.3 Å². The summed E-state index contributed by atoms with van der Waals surface area (Å²) >= 11 is 0. The number of hydrogen-bond donors (Lipinski definition) is 2. The van der Waals surface area contributed by atoms with Crippen LogP contribution in [0.2, 0.25) is 0 Å². The highest BCUT2D eigenvalue weighted by Gasteiger charge is 2.35. The summed E-state index contributed by atoms with van der Waals surface area (Å²) in [6.45, 7) is 4.40. The molecule has 12 heteroatoms. The fraction of sp³-hybridized carbons (Fsp3) is 0.429. The van der Waals surface area contributed by atoms with Gasteiger partial charge in [0, 0.05) is 56.8 Å².